The lowest BCUT2D eigenvalue weighted by Gasteiger charge is -2.14. The molecule has 150 valence electrons. The topological polar surface area (TPSA) is 64.6 Å². The monoisotopic (exact) mass is 395 g/mol. The summed E-state index contributed by atoms with van der Waals surface area (Å²) in [7, 11) is 0. The van der Waals surface area contributed by atoms with Crippen LogP contribution in [0.25, 0.3) is 0 Å². The molecule has 2 aromatic carbocycles. The second-order valence-electron chi connectivity index (χ2n) is 6.27. The Balaban J connectivity index is 1.88. The van der Waals surface area contributed by atoms with E-state index in [0.717, 1.165) is 28.8 Å². The summed E-state index contributed by atoms with van der Waals surface area (Å²) in [5.41, 5.74) is 1.38. The van der Waals surface area contributed by atoms with Crippen LogP contribution in [0.4, 0.5) is 18.9 Å². The molecule has 0 aliphatic heterocycles. The van der Waals surface area contributed by atoms with E-state index in [2.05, 4.69) is 5.32 Å². The normalized spacial score (nSPS) is 11.1. The number of ether oxygens (including phenoxy) is 2. The molecule has 1 N–H and O–H groups in total. The zero-order valence-corrected chi connectivity index (χ0v) is 15.6. The van der Waals surface area contributed by atoms with Gasteiger partial charge in [-0.25, -0.2) is 4.79 Å². The number of halogens is 3. The zero-order chi connectivity index (χ0) is 20.9. The molecule has 0 atom stereocenters. The van der Waals surface area contributed by atoms with E-state index in [9.17, 15) is 22.8 Å². The van der Waals surface area contributed by atoms with Crippen LogP contribution in [-0.2, 0) is 20.5 Å². The molecule has 0 unspecified atom stereocenters. The molecule has 0 fully saturated rings. The van der Waals surface area contributed by atoms with Gasteiger partial charge < -0.3 is 14.8 Å². The predicted octanol–water partition coefficient (Wildman–Crippen LogP) is 4.19. The summed E-state index contributed by atoms with van der Waals surface area (Å²) in [5, 5.41) is 2.09. The van der Waals surface area contributed by atoms with Crippen LogP contribution < -0.4 is 10.1 Å². The fourth-order valence-electron chi connectivity index (χ4n) is 2.74. The number of anilines is 1. The number of amides is 1. The van der Waals surface area contributed by atoms with Gasteiger partial charge in [0.25, 0.3) is 5.91 Å². The number of esters is 1. The fourth-order valence-corrected chi connectivity index (χ4v) is 2.74. The molecular formula is C20H20F3NO4. The van der Waals surface area contributed by atoms with Crippen molar-refractivity contribution < 1.29 is 32.2 Å². The fraction of sp³-hybridized carbons (Fsp3) is 0.300. The van der Waals surface area contributed by atoms with Crippen molar-refractivity contribution >= 4 is 17.6 Å². The number of carbonyl (C=O) groups excluding carboxylic acids is 2. The van der Waals surface area contributed by atoms with Crippen molar-refractivity contribution in [3.8, 4) is 5.75 Å². The number of nitrogens with one attached hydrogen (secondary N) is 1. The molecule has 0 spiro atoms. The van der Waals surface area contributed by atoms with Gasteiger partial charge in [-0.15, -0.1) is 0 Å². The van der Waals surface area contributed by atoms with Crippen LogP contribution in [0.15, 0.2) is 36.4 Å². The number of rotatable bonds is 6. The van der Waals surface area contributed by atoms with Gasteiger partial charge in [0.05, 0.1) is 11.3 Å². The SMILES string of the molecule is Cc1cc(C)c(OCC(=O)OCC(=O)Nc2ccccc2C(F)(F)F)c(C)c1. The minimum atomic E-state index is -4.61. The van der Waals surface area contributed by atoms with Crippen LogP contribution in [0.1, 0.15) is 22.3 Å². The maximum absolute atomic E-state index is 12.9. The largest absolute Gasteiger partial charge is 0.481 e. The lowest BCUT2D eigenvalue weighted by Crippen LogP contribution is -2.25. The maximum atomic E-state index is 12.9. The standard InChI is InChI=1S/C20H20F3NO4/c1-12-8-13(2)19(14(3)9-12)28-11-18(26)27-10-17(25)24-16-7-5-4-6-15(16)20(21,22)23/h4-9H,10-11H2,1-3H3,(H,24,25). The molecule has 28 heavy (non-hydrogen) atoms. The number of hydrogen-bond donors (Lipinski definition) is 1. The first-order chi connectivity index (χ1) is 13.1. The van der Waals surface area contributed by atoms with Crippen LogP contribution in [0.2, 0.25) is 0 Å². The van der Waals surface area contributed by atoms with E-state index >= 15 is 0 Å². The molecule has 0 saturated heterocycles. The first-order valence-corrected chi connectivity index (χ1v) is 8.40. The lowest BCUT2D eigenvalue weighted by atomic mass is 10.1. The molecule has 5 nitrogen and oxygen atoms in total. The predicted molar refractivity (Wildman–Crippen MR) is 97.2 cm³/mol. The summed E-state index contributed by atoms with van der Waals surface area (Å²) in [6, 6.07) is 8.34. The van der Waals surface area contributed by atoms with Crippen molar-refractivity contribution in [1.82, 2.24) is 0 Å². The van der Waals surface area contributed by atoms with Crippen LogP contribution in [0.3, 0.4) is 0 Å². The van der Waals surface area contributed by atoms with E-state index in [0.29, 0.717) is 5.75 Å². The van der Waals surface area contributed by atoms with Crippen molar-refractivity contribution in [2.45, 2.75) is 26.9 Å². The number of benzene rings is 2. The zero-order valence-electron chi connectivity index (χ0n) is 15.6. The Kier molecular flexibility index (Phi) is 6.66. The smallest absolute Gasteiger partial charge is 0.418 e. The first-order valence-electron chi connectivity index (χ1n) is 8.40. The van der Waals surface area contributed by atoms with Gasteiger partial charge in [0.1, 0.15) is 5.75 Å². The second-order valence-corrected chi connectivity index (χ2v) is 6.27. The van der Waals surface area contributed by atoms with Gasteiger partial charge in [-0.2, -0.15) is 13.2 Å². The third kappa shape index (κ3) is 5.73. The van der Waals surface area contributed by atoms with Crippen LogP contribution in [-0.4, -0.2) is 25.1 Å². The van der Waals surface area contributed by atoms with Crippen molar-refractivity contribution in [2.75, 3.05) is 18.5 Å². The average Bonchev–Trinajstić information content (AvgIpc) is 2.58. The third-order valence-corrected chi connectivity index (χ3v) is 3.81. The summed E-state index contributed by atoms with van der Waals surface area (Å²) in [5.74, 6) is -1.14. The Labute approximate surface area is 160 Å². The highest BCUT2D eigenvalue weighted by molar-refractivity contribution is 5.93. The third-order valence-electron chi connectivity index (χ3n) is 3.81. The molecule has 8 heteroatoms. The highest BCUT2D eigenvalue weighted by atomic mass is 19.4. The van der Waals surface area contributed by atoms with Crippen LogP contribution in [0.5, 0.6) is 5.75 Å². The second kappa shape index (κ2) is 8.77. The maximum Gasteiger partial charge on any atom is 0.418 e. The van der Waals surface area contributed by atoms with Crippen LogP contribution >= 0.6 is 0 Å². The molecule has 0 aromatic heterocycles. The van der Waals surface area contributed by atoms with Crippen molar-refractivity contribution in [2.24, 2.45) is 0 Å². The van der Waals surface area contributed by atoms with Gasteiger partial charge in [-0.3, -0.25) is 4.79 Å². The molecule has 2 rings (SSSR count). The average molecular weight is 395 g/mol. The van der Waals surface area contributed by atoms with E-state index in [-0.39, 0.29) is 0 Å². The lowest BCUT2D eigenvalue weighted by molar-refractivity contribution is -0.149. The van der Waals surface area contributed by atoms with E-state index < -0.39 is 42.5 Å². The quantitative estimate of drug-likeness (QED) is 0.745. The Hall–Kier alpha value is -3.03. The number of carbonyl (C=O) groups is 2. The summed E-state index contributed by atoms with van der Waals surface area (Å²) in [6.07, 6.45) is -4.61. The molecule has 0 bridgehead atoms. The van der Waals surface area contributed by atoms with E-state index in [1.807, 2.05) is 32.9 Å². The Morgan fingerprint density at radius 1 is 1.00 bits per heavy atom. The number of alkyl halides is 3. The Morgan fingerprint density at radius 3 is 2.21 bits per heavy atom. The van der Waals surface area contributed by atoms with Crippen molar-refractivity contribution in [3.05, 3.63) is 58.7 Å². The van der Waals surface area contributed by atoms with Crippen molar-refractivity contribution in [3.63, 3.8) is 0 Å². The van der Waals surface area contributed by atoms with Gasteiger partial charge in [0.2, 0.25) is 0 Å². The highest BCUT2D eigenvalue weighted by Gasteiger charge is 2.33. The summed E-state index contributed by atoms with van der Waals surface area (Å²) < 4.78 is 48.9. The molecule has 0 saturated carbocycles. The van der Waals surface area contributed by atoms with Crippen LogP contribution in [0, 0.1) is 20.8 Å². The minimum absolute atomic E-state index is 0.404. The molecule has 0 radical (unpaired) electrons. The van der Waals surface area contributed by atoms with Gasteiger partial charge in [-0.1, -0.05) is 29.8 Å². The number of aryl methyl sites for hydroxylation is 3. The van der Waals surface area contributed by atoms with E-state index in [1.165, 1.54) is 12.1 Å². The molecule has 0 heterocycles. The molecule has 1 amide bonds. The molecule has 0 aliphatic rings. The molecule has 2 aromatic rings. The van der Waals surface area contributed by atoms with Gasteiger partial charge in [0, 0.05) is 0 Å². The van der Waals surface area contributed by atoms with E-state index in [4.69, 9.17) is 9.47 Å². The van der Waals surface area contributed by atoms with E-state index in [1.54, 1.807) is 0 Å². The highest BCUT2D eigenvalue weighted by Crippen LogP contribution is 2.34. The summed E-state index contributed by atoms with van der Waals surface area (Å²) >= 11 is 0. The molecule has 0 aliphatic carbocycles. The Bertz CT molecular complexity index is 855. The Morgan fingerprint density at radius 2 is 1.61 bits per heavy atom. The first kappa shape index (κ1) is 21.3. The molecular weight excluding hydrogens is 375 g/mol. The van der Waals surface area contributed by atoms with Crippen molar-refractivity contribution in [1.29, 1.82) is 0 Å². The van der Waals surface area contributed by atoms with Gasteiger partial charge >= 0.3 is 12.1 Å². The summed E-state index contributed by atoms with van der Waals surface area (Å²) in [6.45, 7) is 4.48. The van der Waals surface area contributed by atoms with Gasteiger partial charge in [0.15, 0.2) is 13.2 Å². The summed E-state index contributed by atoms with van der Waals surface area (Å²) in [4.78, 5) is 23.6. The number of hydrogen-bond acceptors (Lipinski definition) is 4. The van der Waals surface area contributed by atoms with Gasteiger partial charge in [-0.05, 0) is 44.0 Å². The number of para-hydroxylation sites is 1. The minimum Gasteiger partial charge on any atom is -0.481 e.